The van der Waals surface area contributed by atoms with Crippen molar-refractivity contribution in [1.29, 1.82) is 0 Å². The number of hydrogen-bond acceptors (Lipinski definition) is 7. The highest BCUT2D eigenvalue weighted by Crippen LogP contribution is 2.36. The van der Waals surface area contributed by atoms with Gasteiger partial charge in [-0.3, -0.25) is 4.79 Å². The molecule has 0 spiro atoms. The molecule has 2 aromatic rings. The number of ether oxygens (including phenoxy) is 4. The lowest BCUT2D eigenvalue weighted by molar-refractivity contribution is -0.124. The molecule has 2 N–H and O–H groups in total. The molecule has 9 nitrogen and oxygen atoms in total. The van der Waals surface area contributed by atoms with Crippen molar-refractivity contribution in [1.82, 2.24) is 10.7 Å². The van der Waals surface area contributed by atoms with Gasteiger partial charge in [0.25, 0.3) is 5.91 Å². The van der Waals surface area contributed by atoms with E-state index in [0.29, 0.717) is 23.7 Å². The Labute approximate surface area is 222 Å². The van der Waals surface area contributed by atoms with Gasteiger partial charge in [0.05, 0.1) is 31.1 Å². The van der Waals surface area contributed by atoms with Crippen molar-refractivity contribution in [3.63, 3.8) is 0 Å². The van der Waals surface area contributed by atoms with E-state index in [1.807, 2.05) is 37.3 Å². The number of benzene rings is 2. The van der Waals surface area contributed by atoms with Crippen LogP contribution in [0.2, 0.25) is 5.02 Å². The molecule has 2 amide bonds. The maximum absolute atomic E-state index is 12.8. The van der Waals surface area contributed by atoms with Gasteiger partial charge < -0.3 is 24.3 Å². The summed E-state index contributed by atoms with van der Waals surface area (Å²) in [7, 11) is 0. The number of nitrogens with one attached hydrogen (secondary N) is 2. The third kappa shape index (κ3) is 10.8. The van der Waals surface area contributed by atoms with E-state index in [1.165, 1.54) is 6.21 Å². The van der Waals surface area contributed by atoms with Crippen LogP contribution in [0, 0.1) is 12.3 Å². The number of hydrogen-bond donors (Lipinski definition) is 2. The summed E-state index contributed by atoms with van der Waals surface area (Å²) >= 11 is 6.32. The number of alkyl carbamates (subject to hydrolysis) is 1. The third-order valence-corrected chi connectivity index (χ3v) is 4.70. The highest BCUT2D eigenvalue weighted by Gasteiger charge is 2.24. The second-order valence-electron chi connectivity index (χ2n) is 8.69. The van der Waals surface area contributed by atoms with Gasteiger partial charge in [-0.1, -0.05) is 47.9 Å². The first kappa shape index (κ1) is 29.5. The van der Waals surface area contributed by atoms with Crippen molar-refractivity contribution in [2.24, 2.45) is 5.10 Å². The van der Waals surface area contributed by atoms with Crippen molar-refractivity contribution < 1.29 is 28.5 Å². The van der Waals surface area contributed by atoms with Gasteiger partial charge in [-0.2, -0.15) is 5.10 Å². The van der Waals surface area contributed by atoms with Gasteiger partial charge in [0, 0.05) is 0 Å². The highest BCUT2D eigenvalue weighted by molar-refractivity contribution is 6.32. The van der Waals surface area contributed by atoms with Crippen LogP contribution in [0.1, 0.15) is 38.8 Å². The molecule has 0 radical (unpaired) electrons. The second-order valence-corrected chi connectivity index (χ2v) is 9.10. The molecule has 0 saturated heterocycles. The summed E-state index contributed by atoms with van der Waals surface area (Å²) in [6.45, 7) is 7.56. The Kier molecular flexibility index (Phi) is 11.7. The first-order valence-corrected chi connectivity index (χ1v) is 12.0. The van der Waals surface area contributed by atoms with E-state index in [-0.39, 0.29) is 24.8 Å². The topological polar surface area (TPSA) is 107 Å². The summed E-state index contributed by atoms with van der Waals surface area (Å²) in [4.78, 5) is 25.1. The first-order chi connectivity index (χ1) is 17.6. The molecular weight excluding hydrogens is 498 g/mol. The number of rotatable bonds is 12. The van der Waals surface area contributed by atoms with Crippen LogP contribution < -0.4 is 20.2 Å². The van der Waals surface area contributed by atoms with E-state index >= 15 is 0 Å². The Morgan fingerprint density at radius 3 is 2.57 bits per heavy atom. The van der Waals surface area contributed by atoms with Gasteiger partial charge >= 0.3 is 6.09 Å². The molecule has 0 aliphatic carbocycles. The lowest BCUT2D eigenvalue weighted by Gasteiger charge is -2.22. The Hall–Kier alpha value is -3.74. The number of nitrogens with zero attached hydrogens (tertiary/aromatic N) is 1. The molecule has 0 aliphatic rings. The normalized spacial score (nSPS) is 11.9. The molecule has 0 fully saturated rings. The van der Waals surface area contributed by atoms with Crippen molar-refractivity contribution in [3.8, 4) is 23.8 Å². The zero-order valence-corrected chi connectivity index (χ0v) is 22.1. The lowest BCUT2D eigenvalue weighted by Crippen LogP contribution is -2.49. The van der Waals surface area contributed by atoms with Crippen LogP contribution in [-0.2, 0) is 20.9 Å². The number of hydrazone groups is 1. The summed E-state index contributed by atoms with van der Waals surface area (Å²) < 4.78 is 22.0. The maximum atomic E-state index is 12.8. The first-order valence-electron chi connectivity index (χ1n) is 11.6. The van der Waals surface area contributed by atoms with E-state index in [2.05, 4.69) is 21.8 Å². The Balaban J connectivity index is 2.09. The van der Waals surface area contributed by atoms with E-state index in [1.54, 1.807) is 32.9 Å². The third-order valence-electron chi connectivity index (χ3n) is 4.42. The number of halogens is 1. The predicted molar refractivity (Wildman–Crippen MR) is 142 cm³/mol. The molecular formula is C27H32ClN3O6. The standard InChI is InChI=1S/C27H32ClN3O6/c1-6-13-36-24-21(28)14-20(15-23(24)35-7-2)16-29-31-25(32)22(30-26(33)37-27(3,4)5)18-34-17-19-11-9-8-10-12-19/h1,8-12,14-16,22H,7,13,17-18H2,2-5H3,(H,30,33)(H,31,32)/b29-16-/t22-/m0/s1. The van der Waals surface area contributed by atoms with Crippen LogP contribution in [0.15, 0.2) is 47.6 Å². The van der Waals surface area contributed by atoms with Crippen LogP contribution in [-0.4, -0.2) is 49.7 Å². The lowest BCUT2D eigenvalue weighted by atomic mass is 10.2. The number of carbonyl (C=O) groups excluding carboxylic acids is 2. The highest BCUT2D eigenvalue weighted by atomic mass is 35.5. The van der Waals surface area contributed by atoms with Gasteiger partial charge in [-0.25, -0.2) is 10.2 Å². The van der Waals surface area contributed by atoms with Crippen LogP contribution in [0.4, 0.5) is 4.79 Å². The molecule has 2 aromatic carbocycles. The van der Waals surface area contributed by atoms with E-state index in [9.17, 15) is 9.59 Å². The minimum atomic E-state index is -1.06. The number of terminal acetylenes is 1. The van der Waals surface area contributed by atoms with Gasteiger partial charge in [-0.05, 0) is 51.0 Å². The summed E-state index contributed by atoms with van der Waals surface area (Å²) in [5, 5.41) is 6.78. The largest absolute Gasteiger partial charge is 0.490 e. The number of carbonyl (C=O) groups is 2. The molecule has 0 heterocycles. The van der Waals surface area contributed by atoms with Gasteiger partial charge in [0.1, 0.15) is 18.2 Å². The average molecular weight is 530 g/mol. The molecule has 198 valence electrons. The zero-order chi connectivity index (χ0) is 27.3. The average Bonchev–Trinajstić information content (AvgIpc) is 2.82. The van der Waals surface area contributed by atoms with E-state index in [4.69, 9.17) is 37.0 Å². The number of amides is 2. The Morgan fingerprint density at radius 1 is 1.19 bits per heavy atom. The monoisotopic (exact) mass is 529 g/mol. The van der Waals surface area contributed by atoms with Crippen LogP contribution >= 0.6 is 11.6 Å². The second kappa shape index (κ2) is 14.7. The molecule has 0 aliphatic heterocycles. The quantitative estimate of drug-likeness (QED) is 0.241. The molecule has 10 heteroatoms. The predicted octanol–water partition coefficient (Wildman–Crippen LogP) is 4.31. The summed E-state index contributed by atoms with van der Waals surface area (Å²) in [5.41, 5.74) is 3.14. The molecule has 1 atom stereocenters. The molecule has 0 aromatic heterocycles. The van der Waals surface area contributed by atoms with Crippen LogP contribution in [0.3, 0.4) is 0 Å². The van der Waals surface area contributed by atoms with Crippen molar-refractivity contribution in [2.45, 2.75) is 45.9 Å². The minimum Gasteiger partial charge on any atom is -0.490 e. The molecule has 37 heavy (non-hydrogen) atoms. The molecule has 2 rings (SSSR count). The molecule has 0 bridgehead atoms. The SMILES string of the molecule is C#CCOc1c(Cl)cc(/C=N\NC(=O)[C@H](COCc2ccccc2)NC(=O)OC(C)(C)C)cc1OCC. The van der Waals surface area contributed by atoms with Crippen molar-refractivity contribution in [2.75, 3.05) is 19.8 Å². The van der Waals surface area contributed by atoms with Crippen molar-refractivity contribution >= 4 is 29.8 Å². The smallest absolute Gasteiger partial charge is 0.408 e. The zero-order valence-electron chi connectivity index (χ0n) is 21.4. The maximum Gasteiger partial charge on any atom is 0.408 e. The fourth-order valence-electron chi connectivity index (χ4n) is 2.93. The van der Waals surface area contributed by atoms with Crippen LogP contribution in [0.5, 0.6) is 11.5 Å². The summed E-state index contributed by atoms with van der Waals surface area (Å²) in [6, 6.07) is 11.6. The fraction of sp³-hybridized carbons (Fsp3) is 0.370. The molecule has 0 unspecified atom stereocenters. The fourth-order valence-corrected chi connectivity index (χ4v) is 3.20. The molecule has 0 saturated carbocycles. The van der Waals surface area contributed by atoms with Gasteiger partial charge in [0.15, 0.2) is 11.5 Å². The summed E-state index contributed by atoms with van der Waals surface area (Å²) in [6.07, 6.45) is 5.88. The Morgan fingerprint density at radius 2 is 1.92 bits per heavy atom. The Bertz CT molecular complexity index is 1110. The van der Waals surface area contributed by atoms with E-state index < -0.39 is 23.6 Å². The van der Waals surface area contributed by atoms with Gasteiger partial charge in [-0.15, -0.1) is 6.42 Å². The van der Waals surface area contributed by atoms with Crippen molar-refractivity contribution in [3.05, 3.63) is 58.6 Å². The minimum absolute atomic E-state index is 0.0294. The van der Waals surface area contributed by atoms with E-state index in [0.717, 1.165) is 5.56 Å². The van der Waals surface area contributed by atoms with Crippen LogP contribution in [0.25, 0.3) is 0 Å². The summed E-state index contributed by atoms with van der Waals surface area (Å²) in [5.74, 6) is 2.48. The van der Waals surface area contributed by atoms with Gasteiger partial charge in [0.2, 0.25) is 0 Å².